The molecule has 1 unspecified atom stereocenters. The smallest absolute Gasteiger partial charge is 0.0960 e. The number of aliphatic hydroxyl groups is 1. The van der Waals surface area contributed by atoms with E-state index in [1.54, 1.807) is 19.3 Å². The Kier molecular flexibility index (Phi) is 1.35. The van der Waals surface area contributed by atoms with Gasteiger partial charge < -0.3 is 9.52 Å². The van der Waals surface area contributed by atoms with E-state index in [9.17, 15) is 0 Å². The van der Waals surface area contributed by atoms with Gasteiger partial charge in [-0.3, -0.25) is 0 Å². The highest BCUT2D eigenvalue weighted by Gasteiger charge is 1.98. The molecule has 0 radical (unpaired) electrons. The average molecular weight is 112 g/mol. The highest BCUT2D eigenvalue weighted by Crippen LogP contribution is 2.10. The fraction of sp³-hybridized carbons (Fsp3) is 0.333. The third-order valence-electron chi connectivity index (χ3n) is 1.03. The van der Waals surface area contributed by atoms with Crippen LogP contribution in [0.1, 0.15) is 18.6 Å². The predicted octanol–water partition coefficient (Wildman–Crippen LogP) is 1.33. The highest BCUT2D eigenvalue weighted by molar-refractivity contribution is 5.07. The van der Waals surface area contributed by atoms with E-state index < -0.39 is 6.10 Å². The van der Waals surface area contributed by atoms with Crippen molar-refractivity contribution >= 4 is 0 Å². The number of furan rings is 1. The molecule has 0 spiro atoms. The number of rotatable bonds is 1. The molecule has 0 aliphatic rings. The summed E-state index contributed by atoms with van der Waals surface area (Å²) in [5, 5.41) is 8.85. The van der Waals surface area contributed by atoms with E-state index in [1.807, 2.05) is 0 Å². The van der Waals surface area contributed by atoms with Crippen molar-refractivity contribution in [2.75, 3.05) is 0 Å². The third kappa shape index (κ3) is 0.898. The molecule has 8 heavy (non-hydrogen) atoms. The van der Waals surface area contributed by atoms with Crippen LogP contribution in [-0.2, 0) is 0 Å². The predicted molar refractivity (Wildman–Crippen MR) is 29.3 cm³/mol. The van der Waals surface area contributed by atoms with Gasteiger partial charge in [-0.15, -0.1) is 0 Å². The topological polar surface area (TPSA) is 33.4 Å². The van der Waals surface area contributed by atoms with Crippen LogP contribution in [0.25, 0.3) is 0 Å². The van der Waals surface area contributed by atoms with Gasteiger partial charge in [0.2, 0.25) is 0 Å². The van der Waals surface area contributed by atoms with Crippen LogP contribution < -0.4 is 0 Å². The van der Waals surface area contributed by atoms with Crippen molar-refractivity contribution in [2.24, 2.45) is 0 Å². The van der Waals surface area contributed by atoms with E-state index in [-0.39, 0.29) is 0 Å². The van der Waals surface area contributed by atoms with E-state index in [0.717, 1.165) is 5.56 Å². The van der Waals surface area contributed by atoms with Crippen LogP contribution in [0.4, 0.5) is 0 Å². The molecule has 0 aliphatic heterocycles. The normalized spacial score (nSPS) is 13.8. The van der Waals surface area contributed by atoms with E-state index in [1.165, 1.54) is 6.26 Å². The van der Waals surface area contributed by atoms with Gasteiger partial charge >= 0.3 is 0 Å². The standard InChI is InChI=1S/C6H8O2/c1-5(7)6-2-3-8-4-6/h2-5,7H,1H3. The zero-order chi connectivity index (χ0) is 5.98. The van der Waals surface area contributed by atoms with Crippen molar-refractivity contribution in [3.8, 4) is 0 Å². The van der Waals surface area contributed by atoms with Crippen LogP contribution in [0.3, 0.4) is 0 Å². The minimum Gasteiger partial charge on any atom is -0.472 e. The summed E-state index contributed by atoms with van der Waals surface area (Å²) in [7, 11) is 0. The van der Waals surface area contributed by atoms with Gasteiger partial charge in [0.05, 0.1) is 18.6 Å². The van der Waals surface area contributed by atoms with E-state index >= 15 is 0 Å². The van der Waals surface area contributed by atoms with Crippen molar-refractivity contribution in [3.63, 3.8) is 0 Å². The largest absolute Gasteiger partial charge is 0.472 e. The van der Waals surface area contributed by atoms with Gasteiger partial charge in [-0.25, -0.2) is 0 Å². The lowest BCUT2D eigenvalue weighted by atomic mass is 10.2. The average Bonchev–Trinajstić information content (AvgIpc) is 2.12. The fourth-order valence-electron chi connectivity index (χ4n) is 0.513. The van der Waals surface area contributed by atoms with Crippen LogP contribution in [0.5, 0.6) is 0 Å². The first-order chi connectivity index (χ1) is 3.80. The lowest BCUT2D eigenvalue weighted by Gasteiger charge is -1.94. The monoisotopic (exact) mass is 112 g/mol. The molecule has 1 heterocycles. The molecule has 0 saturated carbocycles. The molecule has 0 fully saturated rings. The Bertz CT molecular complexity index is 142. The highest BCUT2D eigenvalue weighted by atomic mass is 16.3. The Hall–Kier alpha value is -0.760. The van der Waals surface area contributed by atoms with E-state index in [0.29, 0.717) is 0 Å². The molecule has 0 saturated heterocycles. The second-order valence-electron chi connectivity index (χ2n) is 1.73. The van der Waals surface area contributed by atoms with E-state index in [4.69, 9.17) is 9.52 Å². The van der Waals surface area contributed by atoms with Gasteiger partial charge in [0.15, 0.2) is 0 Å². The Morgan fingerprint density at radius 2 is 2.50 bits per heavy atom. The van der Waals surface area contributed by atoms with Gasteiger partial charge in [-0.1, -0.05) is 0 Å². The SMILES string of the molecule is CC(O)c1ccoc1. The van der Waals surface area contributed by atoms with Crippen molar-refractivity contribution in [2.45, 2.75) is 13.0 Å². The molecule has 2 nitrogen and oxygen atoms in total. The second-order valence-corrected chi connectivity index (χ2v) is 1.73. The molecule has 1 atom stereocenters. The van der Waals surface area contributed by atoms with Gasteiger partial charge in [0, 0.05) is 5.56 Å². The number of aliphatic hydroxyl groups excluding tert-OH is 1. The summed E-state index contributed by atoms with van der Waals surface area (Å²) < 4.78 is 4.72. The van der Waals surface area contributed by atoms with Crippen LogP contribution in [-0.4, -0.2) is 5.11 Å². The molecule has 1 aromatic heterocycles. The first kappa shape index (κ1) is 5.38. The van der Waals surface area contributed by atoms with Crippen LogP contribution in [0.2, 0.25) is 0 Å². The zero-order valence-corrected chi connectivity index (χ0v) is 4.66. The summed E-state index contributed by atoms with van der Waals surface area (Å²) in [6, 6.07) is 1.74. The second kappa shape index (κ2) is 2.01. The molecule has 44 valence electrons. The van der Waals surface area contributed by atoms with Crippen LogP contribution in [0.15, 0.2) is 23.0 Å². The lowest BCUT2D eigenvalue weighted by Crippen LogP contribution is -1.84. The van der Waals surface area contributed by atoms with Crippen LogP contribution >= 0.6 is 0 Å². The summed E-state index contributed by atoms with van der Waals surface area (Å²) in [5.41, 5.74) is 0.824. The Morgan fingerprint density at radius 1 is 1.75 bits per heavy atom. The lowest BCUT2D eigenvalue weighted by molar-refractivity contribution is 0.198. The van der Waals surface area contributed by atoms with Crippen molar-refractivity contribution in [1.82, 2.24) is 0 Å². The Morgan fingerprint density at radius 3 is 2.75 bits per heavy atom. The molecule has 1 N–H and O–H groups in total. The van der Waals surface area contributed by atoms with Crippen molar-refractivity contribution in [3.05, 3.63) is 24.2 Å². The summed E-state index contributed by atoms with van der Waals surface area (Å²) in [4.78, 5) is 0. The summed E-state index contributed by atoms with van der Waals surface area (Å²) in [6.07, 6.45) is 2.67. The zero-order valence-electron chi connectivity index (χ0n) is 4.66. The van der Waals surface area contributed by atoms with Gasteiger partial charge in [-0.05, 0) is 13.0 Å². The maximum atomic E-state index is 8.85. The first-order valence-electron chi connectivity index (χ1n) is 2.51. The molecular formula is C6H8O2. The first-order valence-corrected chi connectivity index (χ1v) is 2.51. The van der Waals surface area contributed by atoms with Gasteiger partial charge in [0.25, 0.3) is 0 Å². The maximum Gasteiger partial charge on any atom is 0.0960 e. The maximum absolute atomic E-state index is 8.85. The summed E-state index contributed by atoms with van der Waals surface area (Å²) in [6.45, 7) is 1.70. The molecule has 0 aliphatic carbocycles. The van der Waals surface area contributed by atoms with Crippen molar-refractivity contribution < 1.29 is 9.52 Å². The minimum absolute atomic E-state index is 0.409. The molecule has 1 rings (SSSR count). The molecule has 2 heteroatoms. The molecule has 0 bridgehead atoms. The van der Waals surface area contributed by atoms with Gasteiger partial charge in [-0.2, -0.15) is 0 Å². The number of hydrogen-bond donors (Lipinski definition) is 1. The van der Waals surface area contributed by atoms with E-state index in [2.05, 4.69) is 0 Å². The minimum atomic E-state index is -0.409. The Balaban J connectivity index is 2.77. The van der Waals surface area contributed by atoms with Crippen molar-refractivity contribution in [1.29, 1.82) is 0 Å². The fourth-order valence-corrected chi connectivity index (χ4v) is 0.513. The molecule has 1 aromatic rings. The molecule has 0 amide bonds. The number of hydrogen-bond acceptors (Lipinski definition) is 2. The molecule has 0 aromatic carbocycles. The Labute approximate surface area is 47.7 Å². The van der Waals surface area contributed by atoms with Crippen LogP contribution in [0, 0.1) is 0 Å². The van der Waals surface area contributed by atoms with Gasteiger partial charge in [0.1, 0.15) is 0 Å². The quantitative estimate of drug-likeness (QED) is 0.594. The third-order valence-corrected chi connectivity index (χ3v) is 1.03. The summed E-state index contributed by atoms with van der Waals surface area (Å²) >= 11 is 0. The summed E-state index contributed by atoms with van der Waals surface area (Å²) in [5.74, 6) is 0. The molecular weight excluding hydrogens is 104 g/mol.